The SMILES string of the molecule is COc1ccc(OCCN[C@@H]2CS(=O)(=O)C[C@H]2S(=O)(=O)c2ccc(F)c(C)c2)cc1. The maximum Gasteiger partial charge on any atom is 0.183 e. The predicted octanol–water partition coefficient (Wildman–Crippen LogP) is 1.75. The molecule has 2 aromatic carbocycles. The fraction of sp³-hybridized carbons (Fsp3) is 0.400. The van der Waals surface area contributed by atoms with Gasteiger partial charge >= 0.3 is 0 Å². The molecule has 7 nitrogen and oxygen atoms in total. The third kappa shape index (κ3) is 5.11. The summed E-state index contributed by atoms with van der Waals surface area (Å²) in [5.41, 5.74) is 0.189. The third-order valence-corrected chi connectivity index (χ3v) is 9.14. The molecule has 1 N–H and O–H groups in total. The van der Waals surface area contributed by atoms with Gasteiger partial charge < -0.3 is 14.8 Å². The maximum atomic E-state index is 13.5. The molecule has 164 valence electrons. The summed E-state index contributed by atoms with van der Waals surface area (Å²) in [6.45, 7) is 1.96. The van der Waals surface area contributed by atoms with Gasteiger partial charge in [0.15, 0.2) is 19.7 Å². The summed E-state index contributed by atoms with van der Waals surface area (Å²) in [5.74, 6) is 0.0456. The van der Waals surface area contributed by atoms with Crippen LogP contribution in [0.3, 0.4) is 0 Å². The van der Waals surface area contributed by atoms with E-state index in [-0.39, 0.29) is 29.4 Å². The molecule has 2 aromatic rings. The lowest BCUT2D eigenvalue weighted by atomic mass is 10.2. The maximum absolute atomic E-state index is 13.5. The van der Waals surface area contributed by atoms with E-state index in [0.29, 0.717) is 11.5 Å². The zero-order valence-corrected chi connectivity index (χ0v) is 18.3. The number of nitrogens with one attached hydrogen (secondary N) is 1. The number of benzene rings is 2. The Morgan fingerprint density at radius 2 is 1.77 bits per heavy atom. The van der Waals surface area contributed by atoms with Crippen molar-refractivity contribution in [2.24, 2.45) is 0 Å². The second-order valence-corrected chi connectivity index (χ2v) is 11.5. The molecule has 1 aliphatic heterocycles. The molecule has 0 bridgehead atoms. The summed E-state index contributed by atoms with van der Waals surface area (Å²) in [6, 6.07) is 9.69. The normalized spacial score (nSPS) is 20.8. The Kier molecular flexibility index (Phi) is 6.68. The van der Waals surface area contributed by atoms with E-state index in [9.17, 15) is 21.2 Å². The van der Waals surface area contributed by atoms with E-state index in [1.165, 1.54) is 19.1 Å². The Bertz CT molecular complexity index is 1100. The van der Waals surface area contributed by atoms with Gasteiger partial charge in [-0.3, -0.25) is 0 Å². The smallest absolute Gasteiger partial charge is 0.183 e. The minimum Gasteiger partial charge on any atom is -0.497 e. The van der Waals surface area contributed by atoms with Crippen molar-refractivity contribution in [1.29, 1.82) is 0 Å². The lowest BCUT2D eigenvalue weighted by Crippen LogP contribution is -2.44. The first-order chi connectivity index (χ1) is 14.1. The molecule has 10 heteroatoms. The number of aryl methyl sites for hydroxylation is 1. The molecule has 0 radical (unpaired) electrons. The van der Waals surface area contributed by atoms with Crippen LogP contribution in [0.4, 0.5) is 4.39 Å². The Morgan fingerprint density at radius 3 is 2.40 bits per heavy atom. The summed E-state index contributed by atoms with van der Waals surface area (Å²) >= 11 is 0. The van der Waals surface area contributed by atoms with Gasteiger partial charge in [-0.25, -0.2) is 21.2 Å². The lowest BCUT2D eigenvalue weighted by molar-refractivity contribution is 0.307. The van der Waals surface area contributed by atoms with Crippen molar-refractivity contribution >= 4 is 19.7 Å². The molecule has 0 saturated carbocycles. The van der Waals surface area contributed by atoms with E-state index in [1.807, 2.05) is 0 Å². The van der Waals surface area contributed by atoms with Crippen LogP contribution >= 0.6 is 0 Å². The summed E-state index contributed by atoms with van der Waals surface area (Å²) in [4.78, 5) is -0.0789. The Balaban J connectivity index is 1.67. The van der Waals surface area contributed by atoms with Crippen LogP contribution in [-0.4, -0.2) is 59.9 Å². The van der Waals surface area contributed by atoms with Gasteiger partial charge in [0.25, 0.3) is 0 Å². The summed E-state index contributed by atoms with van der Waals surface area (Å²) < 4.78 is 74.6. The molecule has 1 fully saturated rings. The van der Waals surface area contributed by atoms with Gasteiger partial charge in [-0.2, -0.15) is 0 Å². The standard InChI is InChI=1S/C20H24FNO6S2/c1-14-11-17(7-8-18(14)21)30(25,26)20-13-29(23,24)12-19(20)22-9-10-28-16-5-3-15(27-2)4-6-16/h3-8,11,19-20,22H,9-10,12-13H2,1-2H3/t19-,20-/m1/s1. The number of hydrogen-bond acceptors (Lipinski definition) is 7. The topological polar surface area (TPSA) is 98.8 Å². The van der Waals surface area contributed by atoms with Crippen LogP contribution in [0.15, 0.2) is 47.4 Å². The minimum atomic E-state index is -3.96. The Labute approximate surface area is 176 Å². The number of ether oxygens (including phenoxy) is 2. The molecule has 30 heavy (non-hydrogen) atoms. The van der Waals surface area contributed by atoms with Crippen molar-refractivity contribution in [3.63, 3.8) is 0 Å². The molecular weight excluding hydrogens is 433 g/mol. The fourth-order valence-corrected chi connectivity index (χ4v) is 8.17. The molecular formula is C20H24FNO6S2. The first-order valence-corrected chi connectivity index (χ1v) is 12.7. The third-order valence-electron chi connectivity index (χ3n) is 4.99. The highest BCUT2D eigenvalue weighted by atomic mass is 32.2. The average Bonchev–Trinajstić information content (AvgIpc) is 3.03. The zero-order chi connectivity index (χ0) is 21.9. The molecule has 0 unspecified atom stereocenters. The predicted molar refractivity (Wildman–Crippen MR) is 111 cm³/mol. The van der Waals surface area contributed by atoms with Crippen LogP contribution in [0.2, 0.25) is 0 Å². The van der Waals surface area contributed by atoms with E-state index >= 15 is 0 Å². The highest BCUT2D eigenvalue weighted by Crippen LogP contribution is 2.27. The summed E-state index contributed by atoms with van der Waals surface area (Å²) in [7, 11) is -5.92. The van der Waals surface area contributed by atoms with Gasteiger partial charge in [-0.15, -0.1) is 0 Å². The van der Waals surface area contributed by atoms with E-state index in [1.54, 1.807) is 31.4 Å². The quantitative estimate of drug-likeness (QED) is 0.476. The lowest BCUT2D eigenvalue weighted by Gasteiger charge is -2.20. The first kappa shape index (κ1) is 22.5. The molecule has 2 atom stereocenters. The first-order valence-electron chi connectivity index (χ1n) is 9.33. The van der Waals surface area contributed by atoms with E-state index < -0.39 is 42.5 Å². The Morgan fingerprint density at radius 1 is 1.10 bits per heavy atom. The second-order valence-electron chi connectivity index (χ2n) is 7.16. The number of rotatable bonds is 8. The van der Waals surface area contributed by atoms with Gasteiger partial charge in [-0.1, -0.05) is 0 Å². The number of methoxy groups -OCH3 is 1. The van der Waals surface area contributed by atoms with Crippen molar-refractivity contribution in [3.05, 3.63) is 53.8 Å². The average molecular weight is 458 g/mol. The van der Waals surface area contributed by atoms with Crippen LogP contribution in [-0.2, 0) is 19.7 Å². The van der Waals surface area contributed by atoms with E-state index in [4.69, 9.17) is 9.47 Å². The van der Waals surface area contributed by atoms with Crippen molar-refractivity contribution < 1.29 is 30.7 Å². The monoisotopic (exact) mass is 457 g/mol. The van der Waals surface area contributed by atoms with E-state index in [2.05, 4.69) is 5.32 Å². The van der Waals surface area contributed by atoms with Gasteiger partial charge in [0.2, 0.25) is 0 Å². The molecule has 0 amide bonds. The largest absolute Gasteiger partial charge is 0.497 e. The summed E-state index contributed by atoms with van der Waals surface area (Å²) in [5, 5.41) is 1.85. The van der Waals surface area contributed by atoms with Crippen LogP contribution < -0.4 is 14.8 Å². The summed E-state index contributed by atoms with van der Waals surface area (Å²) in [6.07, 6.45) is 0. The van der Waals surface area contributed by atoms with Gasteiger partial charge in [-0.05, 0) is 55.0 Å². The molecule has 1 saturated heterocycles. The molecule has 3 rings (SSSR count). The minimum absolute atomic E-state index is 0.0789. The number of halogens is 1. The molecule has 0 spiro atoms. The van der Waals surface area contributed by atoms with Gasteiger partial charge in [0.1, 0.15) is 23.9 Å². The van der Waals surface area contributed by atoms with Gasteiger partial charge in [0, 0.05) is 12.6 Å². The highest BCUT2D eigenvalue weighted by molar-refractivity contribution is 7.96. The van der Waals surface area contributed by atoms with Crippen molar-refractivity contribution in [3.8, 4) is 11.5 Å². The number of hydrogen-bond donors (Lipinski definition) is 1. The zero-order valence-electron chi connectivity index (χ0n) is 16.7. The molecule has 0 aromatic heterocycles. The van der Waals surface area contributed by atoms with Gasteiger partial charge in [0.05, 0.1) is 28.8 Å². The van der Waals surface area contributed by atoms with Crippen LogP contribution in [0.25, 0.3) is 0 Å². The molecule has 1 aliphatic rings. The van der Waals surface area contributed by atoms with Crippen LogP contribution in [0, 0.1) is 12.7 Å². The Hall–Kier alpha value is -2.17. The number of sulfone groups is 2. The fourth-order valence-electron chi connectivity index (χ4n) is 3.37. The van der Waals surface area contributed by atoms with Crippen molar-refractivity contribution in [2.75, 3.05) is 31.8 Å². The van der Waals surface area contributed by atoms with Crippen LogP contribution in [0.5, 0.6) is 11.5 Å². The van der Waals surface area contributed by atoms with Crippen molar-refractivity contribution in [2.45, 2.75) is 23.1 Å². The molecule has 0 aliphatic carbocycles. The van der Waals surface area contributed by atoms with E-state index in [0.717, 1.165) is 6.07 Å². The van der Waals surface area contributed by atoms with Crippen LogP contribution in [0.1, 0.15) is 5.56 Å². The highest BCUT2D eigenvalue weighted by Gasteiger charge is 2.45. The van der Waals surface area contributed by atoms with Crippen molar-refractivity contribution in [1.82, 2.24) is 5.32 Å². The molecule has 1 heterocycles. The second kappa shape index (κ2) is 8.91.